The molecule has 1 aliphatic rings. The number of nitrogens with zero attached hydrogens (tertiary/aromatic N) is 3. The second-order valence-electron chi connectivity index (χ2n) is 9.89. The fourth-order valence-corrected chi connectivity index (χ4v) is 5.10. The lowest BCUT2D eigenvalue weighted by atomic mass is 9.98. The summed E-state index contributed by atoms with van der Waals surface area (Å²) in [5.74, 6) is -2.60. The number of carboxylic acids is 1. The van der Waals surface area contributed by atoms with Crippen LogP contribution in [0.2, 0.25) is 0 Å². The molecule has 0 heterocycles. The summed E-state index contributed by atoms with van der Waals surface area (Å²) in [6.45, 7) is -0.0571. The van der Waals surface area contributed by atoms with Crippen LogP contribution in [0.3, 0.4) is 0 Å². The zero-order valence-electron chi connectivity index (χ0n) is 23.0. The Morgan fingerprint density at radius 1 is 0.778 bits per heavy atom. The third-order valence-electron chi connectivity index (χ3n) is 7.16. The molecule has 0 spiro atoms. The van der Waals surface area contributed by atoms with Gasteiger partial charge in [-0.15, -0.1) is 0 Å². The first kappa shape index (κ1) is 30.1. The van der Waals surface area contributed by atoms with Gasteiger partial charge in [0.1, 0.15) is 12.6 Å². The van der Waals surface area contributed by atoms with E-state index >= 15 is 0 Å². The Balaban J connectivity index is 1.29. The maximum Gasteiger partial charge on any atom is 0.407 e. The third-order valence-corrected chi connectivity index (χ3v) is 7.16. The second-order valence-corrected chi connectivity index (χ2v) is 9.89. The highest BCUT2D eigenvalue weighted by Gasteiger charge is 2.30. The van der Waals surface area contributed by atoms with Gasteiger partial charge in [-0.3, -0.25) is 30.3 Å². The number of aliphatic carboxylic acids is 1. The molecule has 0 saturated carbocycles. The molecule has 1 amide bonds. The summed E-state index contributed by atoms with van der Waals surface area (Å²) in [5.41, 5.74) is 2.06. The highest BCUT2D eigenvalue weighted by molar-refractivity contribution is 5.81. The first-order valence-electron chi connectivity index (χ1n) is 13.3. The van der Waals surface area contributed by atoms with Gasteiger partial charge in [-0.05, 0) is 39.9 Å². The molecular weight excluding hydrogens is 592 g/mol. The van der Waals surface area contributed by atoms with Crippen LogP contribution >= 0.6 is 0 Å². The van der Waals surface area contributed by atoms with E-state index in [4.69, 9.17) is 9.47 Å². The largest absolute Gasteiger partial charge is 0.480 e. The van der Waals surface area contributed by atoms with Crippen LogP contribution in [0.4, 0.5) is 21.9 Å². The Morgan fingerprint density at radius 2 is 1.33 bits per heavy atom. The standard InChI is InChI=1S/C30H22N4O11/c35-29(36)24(31-30(37)44-16-23-21-7-3-1-5-19(21)20-6-2-4-8-22(20)23)13-17-9-11-27(25(14-17)33(40)41)45-28-12-10-18(32(38)39)15-26(28)34(42)43/h1-12,14-15,23-24H,13,16H2,(H,31,37)(H,35,36). The Labute approximate surface area is 253 Å². The molecule has 1 unspecified atom stereocenters. The number of carbonyl (C=O) groups excluding carboxylic acids is 1. The Morgan fingerprint density at radius 3 is 1.89 bits per heavy atom. The van der Waals surface area contributed by atoms with Crippen LogP contribution in [0.5, 0.6) is 11.5 Å². The van der Waals surface area contributed by atoms with Gasteiger partial charge in [0.25, 0.3) is 5.69 Å². The molecule has 0 saturated heterocycles. The van der Waals surface area contributed by atoms with Crippen molar-refractivity contribution in [1.29, 1.82) is 0 Å². The zero-order chi connectivity index (χ0) is 32.2. The number of carboxylic acid groups (broad SMARTS) is 1. The van der Waals surface area contributed by atoms with Crippen molar-refractivity contribution in [3.8, 4) is 22.6 Å². The molecule has 0 aliphatic heterocycles. The highest BCUT2D eigenvalue weighted by atomic mass is 16.6. The van der Waals surface area contributed by atoms with Gasteiger partial charge in [-0.1, -0.05) is 54.6 Å². The van der Waals surface area contributed by atoms with Crippen molar-refractivity contribution in [1.82, 2.24) is 5.32 Å². The molecule has 4 aromatic carbocycles. The van der Waals surface area contributed by atoms with Gasteiger partial charge in [-0.2, -0.15) is 0 Å². The average molecular weight is 615 g/mol. The fraction of sp³-hybridized carbons (Fsp3) is 0.133. The van der Waals surface area contributed by atoms with Gasteiger partial charge in [0.15, 0.2) is 0 Å². The van der Waals surface area contributed by atoms with E-state index in [0.717, 1.165) is 46.5 Å². The van der Waals surface area contributed by atoms with Crippen molar-refractivity contribution in [3.63, 3.8) is 0 Å². The normalized spacial score (nSPS) is 12.4. The molecule has 15 nitrogen and oxygen atoms in total. The monoisotopic (exact) mass is 614 g/mol. The lowest BCUT2D eigenvalue weighted by molar-refractivity contribution is -0.394. The van der Waals surface area contributed by atoms with Gasteiger partial charge in [0.2, 0.25) is 11.5 Å². The van der Waals surface area contributed by atoms with Gasteiger partial charge in [0.05, 0.1) is 20.8 Å². The van der Waals surface area contributed by atoms with Crippen LogP contribution in [-0.4, -0.2) is 44.6 Å². The molecule has 45 heavy (non-hydrogen) atoms. The van der Waals surface area contributed by atoms with E-state index in [1.54, 1.807) is 0 Å². The number of non-ortho nitro benzene ring substituents is 1. The minimum Gasteiger partial charge on any atom is -0.480 e. The Hall–Kier alpha value is -6.38. The van der Waals surface area contributed by atoms with Crippen molar-refractivity contribution in [3.05, 3.63) is 132 Å². The molecular formula is C30H22N4O11. The van der Waals surface area contributed by atoms with Crippen molar-refractivity contribution >= 4 is 29.1 Å². The van der Waals surface area contributed by atoms with Gasteiger partial charge < -0.3 is 19.9 Å². The summed E-state index contributed by atoms with van der Waals surface area (Å²) in [6, 6.07) is 19.8. The van der Waals surface area contributed by atoms with E-state index in [1.807, 2.05) is 48.5 Å². The van der Waals surface area contributed by atoms with Crippen molar-refractivity contribution in [2.75, 3.05) is 6.61 Å². The number of rotatable bonds is 11. The van der Waals surface area contributed by atoms with E-state index in [2.05, 4.69) is 5.32 Å². The van der Waals surface area contributed by atoms with Crippen LogP contribution in [0.1, 0.15) is 22.6 Å². The predicted molar refractivity (Wildman–Crippen MR) is 156 cm³/mol. The van der Waals surface area contributed by atoms with E-state index in [0.29, 0.717) is 6.07 Å². The average Bonchev–Trinajstić information content (AvgIpc) is 3.33. The van der Waals surface area contributed by atoms with Crippen LogP contribution in [0.15, 0.2) is 84.9 Å². The summed E-state index contributed by atoms with van der Waals surface area (Å²) < 4.78 is 10.8. The summed E-state index contributed by atoms with van der Waals surface area (Å²) in [4.78, 5) is 56.3. The maximum atomic E-state index is 12.7. The minimum atomic E-state index is -1.53. The number of hydrogen-bond acceptors (Lipinski definition) is 10. The summed E-state index contributed by atoms with van der Waals surface area (Å²) in [7, 11) is 0. The Bertz CT molecular complexity index is 1810. The molecule has 0 fully saturated rings. The number of nitrogens with one attached hydrogen (secondary N) is 1. The molecule has 0 radical (unpaired) electrons. The molecule has 1 atom stereocenters. The van der Waals surface area contributed by atoms with E-state index in [-0.39, 0.29) is 24.5 Å². The smallest absolute Gasteiger partial charge is 0.407 e. The summed E-state index contributed by atoms with van der Waals surface area (Å²) in [5, 5.41) is 46.3. The van der Waals surface area contributed by atoms with E-state index in [1.165, 1.54) is 6.07 Å². The number of nitro benzene ring substituents is 3. The molecule has 4 aromatic rings. The summed E-state index contributed by atoms with van der Waals surface area (Å²) in [6.07, 6.45) is -1.37. The van der Waals surface area contributed by atoms with Crippen molar-refractivity contribution in [2.24, 2.45) is 0 Å². The first-order valence-corrected chi connectivity index (χ1v) is 13.3. The molecule has 0 aromatic heterocycles. The minimum absolute atomic E-state index is 0.0571. The van der Waals surface area contributed by atoms with Crippen LogP contribution < -0.4 is 10.1 Å². The molecule has 5 rings (SSSR count). The highest BCUT2D eigenvalue weighted by Crippen LogP contribution is 2.44. The fourth-order valence-electron chi connectivity index (χ4n) is 5.10. The van der Waals surface area contributed by atoms with Gasteiger partial charge in [-0.25, -0.2) is 9.59 Å². The van der Waals surface area contributed by atoms with Crippen molar-refractivity contribution in [2.45, 2.75) is 18.4 Å². The van der Waals surface area contributed by atoms with Crippen LogP contribution in [0, 0.1) is 30.3 Å². The zero-order valence-corrected chi connectivity index (χ0v) is 23.0. The van der Waals surface area contributed by atoms with Crippen LogP contribution in [-0.2, 0) is 16.0 Å². The second kappa shape index (κ2) is 12.5. The van der Waals surface area contributed by atoms with Gasteiger partial charge in [0, 0.05) is 24.5 Å². The molecule has 228 valence electrons. The number of nitro groups is 3. The first-order chi connectivity index (χ1) is 21.5. The van der Waals surface area contributed by atoms with E-state index < -0.39 is 61.4 Å². The molecule has 1 aliphatic carbocycles. The Kier molecular flexibility index (Phi) is 8.33. The number of ether oxygens (including phenoxy) is 2. The number of hydrogen-bond donors (Lipinski definition) is 2. The number of fused-ring (bicyclic) bond motifs is 3. The van der Waals surface area contributed by atoms with E-state index in [9.17, 15) is 45.0 Å². The van der Waals surface area contributed by atoms with Crippen molar-refractivity contribution < 1.29 is 38.9 Å². The van der Waals surface area contributed by atoms with Gasteiger partial charge >= 0.3 is 23.4 Å². The number of amides is 1. The lowest BCUT2D eigenvalue weighted by Crippen LogP contribution is -2.42. The molecule has 15 heteroatoms. The SMILES string of the molecule is O=C(NC(Cc1ccc(Oc2ccc([N+](=O)[O-])cc2[N+](=O)[O-])c([N+](=O)[O-])c1)C(=O)O)OCC1c2ccccc2-c2ccccc21. The van der Waals surface area contributed by atoms with Crippen LogP contribution in [0.25, 0.3) is 11.1 Å². The quantitative estimate of drug-likeness (QED) is 0.153. The molecule has 2 N–H and O–H groups in total. The topological polar surface area (TPSA) is 214 Å². The summed E-state index contributed by atoms with van der Waals surface area (Å²) >= 11 is 0. The molecule has 0 bridgehead atoms. The maximum absolute atomic E-state index is 12.7. The third kappa shape index (κ3) is 6.36. The predicted octanol–water partition coefficient (Wildman–Crippen LogP) is 5.74. The number of carbonyl (C=O) groups is 2. The number of benzene rings is 4. The lowest BCUT2D eigenvalue weighted by Gasteiger charge is -2.18. The number of alkyl carbamates (subject to hydrolysis) is 1.